The maximum Gasteiger partial charge on any atom is 0.161 e. The highest BCUT2D eigenvalue weighted by atomic mass is 32.2. The first kappa shape index (κ1) is 16.1. The lowest BCUT2D eigenvalue weighted by molar-refractivity contribution is 0.170. The molecule has 21 heavy (non-hydrogen) atoms. The van der Waals surface area contributed by atoms with Crippen LogP contribution < -0.4 is 15.2 Å². The molecule has 0 bridgehead atoms. The Balaban J connectivity index is 2.13. The molecule has 7 heteroatoms. The Kier molecular flexibility index (Phi) is 5.08. The number of nitrogens with two attached hydrogens (primary N) is 1. The molecule has 0 saturated heterocycles. The largest absolute Gasteiger partial charge is 0.486 e. The number of nitrogens with zero attached hydrogens (tertiary/aromatic N) is 1. The van der Waals surface area contributed by atoms with Crippen LogP contribution in [0.1, 0.15) is 11.6 Å². The predicted molar refractivity (Wildman–Crippen MR) is 81.6 cm³/mol. The van der Waals surface area contributed by atoms with Crippen LogP contribution in [-0.2, 0) is 9.84 Å². The Bertz CT molecular complexity index is 589. The smallest absolute Gasteiger partial charge is 0.161 e. The summed E-state index contributed by atoms with van der Waals surface area (Å²) in [5.74, 6) is 1.57. The van der Waals surface area contributed by atoms with Crippen LogP contribution in [0.5, 0.6) is 11.5 Å². The van der Waals surface area contributed by atoms with Gasteiger partial charge in [0, 0.05) is 25.4 Å². The number of rotatable bonds is 6. The highest BCUT2D eigenvalue weighted by molar-refractivity contribution is 7.90. The van der Waals surface area contributed by atoms with Crippen molar-refractivity contribution in [3.63, 3.8) is 0 Å². The predicted octanol–water partition coefficient (Wildman–Crippen LogP) is 0.434. The Hall–Kier alpha value is -1.31. The summed E-state index contributed by atoms with van der Waals surface area (Å²) in [6.45, 7) is 1.93. The lowest BCUT2D eigenvalue weighted by Crippen LogP contribution is -2.34. The van der Waals surface area contributed by atoms with E-state index < -0.39 is 9.84 Å². The van der Waals surface area contributed by atoms with Crippen LogP contribution in [0.15, 0.2) is 18.2 Å². The molecule has 0 saturated carbocycles. The molecule has 1 unspecified atom stereocenters. The van der Waals surface area contributed by atoms with Gasteiger partial charge in [0.25, 0.3) is 0 Å². The van der Waals surface area contributed by atoms with E-state index in [9.17, 15) is 8.42 Å². The van der Waals surface area contributed by atoms with Crippen LogP contribution in [0.2, 0.25) is 0 Å². The SMILES string of the molecule is CN(CCS(C)(=O)=O)C(CN)c1ccc2c(c1)OCCO2. The molecule has 1 heterocycles. The highest BCUT2D eigenvalue weighted by Crippen LogP contribution is 2.33. The molecule has 6 nitrogen and oxygen atoms in total. The molecular weight excluding hydrogens is 292 g/mol. The van der Waals surface area contributed by atoms with E-state index in [1.54, 1.807) is 0 Å². The number of benzene rings is 1. The molecule has 1 aromatic carbocycles. The average Bonchev–Trinajstić information content (AvgIpc) is 2.45. The molecule has 0 aromatic heterocycles. The molecule has 0 amide bonds. The molecule has 0 aliphatic carbocycles. The Morgan fingerprint density at radius 3 is 2.57 bits per heavy atom. The number of fused-ring (bicyclic) bond motifs is 1. The number of sulfone groups is 1. The van der Waals surface area contributed by atoms with Crippen LogP contribution in [0.3, 0.4) is 0 Å². The minimum absolute atomic E-state index is 0.0532. The van der Waals surface area contributed by atoms with Crippen LogP contribution in [0.4, 0.5) is 0 Å². The van der Waals surface area contributed by atoms with Gasteiger partial charge in [0.05, 0.1) is 5.75 Å². The Morgan fingerprint density at radius 2 is 1.95 bits per heavy atom. The molecular formula is C14H22N2O4S. The molecule has 1 atom stereocenters. The summed E-state index contributed by atoms with van der Waals surface area (Å²) in [4.78, 5) is 1.95. The molecule has 0 fully saturated rings. The van der Waals surface area contributed by atoms with E-state index in [2.05, 4.69) is 0 Å². The average molecular weight is 314 g/mol. The van der Waals surface area contributed by atoms with Crippen molar-refractivity contribution in [3.8, 4) is 11.5 Å². The van der Waals surface area contributed by atoms with Crippen LogP contribution in [0.25, 0.3) is 0 Å². The van der Waals surface area contributed by atoms with Gasteiger partial charge in [0.2, 0.25) is 0 Å². The minimum Gasteiger partial charge on any atom is -0.486 e. The van der Waals surface area contributed by atoms with Gasteiger partial charge in [-0.25, -0.2) is 8.42 Å². The van der Waals surface area contributed by atoms with Crippen molar-refractivity contribution < 1.29 is 17.9 Å². The first-order chi connectivity index (χ1) is 9.90. The summed E-state index contributed by atoms with van der Waals surface area (Å²) in [5, 5.41) is 0. The van der Waals surface area contributed by atoms with E-state index in [1.165, 1.54) is 6.26 Å². The van der Waals surface area contributed by atoms with Crippen molar-refractivity contribution in [3.05, 3.63) is 23.8 Å². The van der Waals surface area contributed by atoms with Gasteiger partial charge >= 0.3 is 0 Å². The van der Waals surface area contributed by atoms with Gasteiger partial charge in [0.1, 0.15) is 23.1 Å². The van der Waals surface area contributed by atoms with Gasteiger partial charge in [-0.2, -0.15) is 0 Å². The van der Waals surface area contributed by atoms with Gasteiger partial charge in [-0.1, -0.05) is 6.07 Å². The Morgan fingerprint density at radius 1 is 1.29 bits per heavy atom. The van der Waals surface area contributed by atoms with Crippen molar-refractivity contribution in [1.82, 2.24) is 4.90 Å². The molecule has 1 aromatic rings. The van der Waals surface area contributed by atoms with Gasteiger partial charge in [-0.05, 0) is 24.7 Å². The zero-order valence-corrected chi connectivity index (χ0v) is 13.2. The fraction of sp³-hybridized carbons (Fsp3) is 0.571. The maximum absolute atomic E-state index is 11.3. The summed E-state index contributed by atoms with van der Waals surface area (Å²) >= 11 is 0. The maximum atomic E-state index is 11.3. The third-order valence-corrected chi connectivity index (χ3v) is 4.45. The highest BCUT2D eigenvalue weighted by Gasteiger charge is 2.20. The summed E-state index contributed by atoms with van der Waals surface area (Å²) in [7, 11) is -1.11. The third-order valence-electron chi connectivity index (χ3n) is 3.52. The van der Waals surface area contributed by atoms with Crippen molar-refractivity contribution in [2.45, 2.75) is 6.04 Å². The summed E-state index contributed by atoms with van der Waals surface area (Å²) in [6, 6.07) is 5.68. The van der Waals surface area contributed by atoms with Gasteiger partial charge in [-0.15, -0.1) is 0 Å². The van der Waals surface area contributed by atoms with Crippen molar-refractivity contribution in [2.75, 3.05) is 45.4 Å². The van der Waals surface area contributed by atoms with Crippen molar-refractivity contribution >= 4 is 9.84 Å². The molecule has 1 aliphatic rings. The first-order valence-corrected chi connectivity index (χ1v) is 8.94. The summed E-state index contributed by atoms with van der Waals surface area (Å²) < 4.78 is 33.6. The van der Waals surface area contributed by atoms with Crippen LogP contribution in [0, 0.1) is 0 Å². The van der Waals surface area contributed by atoms with Gasteiger partial charge < -0.3 is 15.2 Å². The van der Waals surface area contributed by atoms with E-state index in [4.69, 9.17) is 15.2 Å². The Labute approximate surface area is 125 Å². The van der Waals surface area contributed by atoms with Crippen LogP contribution >= 0.6 is 0 Å². The van der Waals surface area contributed by atoms with Crippen molar-refractivity contribution in [1.29, 1.82) is 0 Å². The van der Waals surface area contributed by atoms with E-state index in [0.717, 1.165) is 11.3 Å². The van der Waals surface area contributed by atoms with Gasteiger partial charge in [-0.3, -0.25) is 4.90 Å². The standard InChI is InChI=1S/C14H22N2O4S/c1-16(5-8-21(2,17)18)12(10-15)11-3-4-13-14(9-11)20-7-6-19-13/h3-4,9,12H,5-8,10,15H2,1-2H3. The zero-order valence-electron chi connectivity index (χ0n) is 12.4. The normalized spacial score (nSPS) is 16.0. The molecule has 2 rings (SSSR count). The molecule has 0 radical (unpaired) electrons. The van der Waals surface area contributed by atoms with Crippen LogP contribution in [-0.4, -0.2) is 58.7 Å². The van der Waals surface area contributed by atoms with E-state index >= 15 is 0 Å². The molecule has 2 N–H and O–H groups in total. The van der Waals surface area contributed by atoms with E-state index in [1.807, 2.05) is 30.1 Å². The van der Waals surface area contributed by atoms with Gasteiger partial charge in [0.15, 0.2) is 11.5 Å². The topological polar surface area (TPSA) is 81.9 Å². The lowest BCUT2D eigenvalue weighted by atomic mass is 10.0. The monoisotopic (exact) mass is 314 g/mol. The summed E-state index contributed by atoms with van der Waals surface area (Å²) in [6.07, 6.45) is 1.24. The fourth-order valence-electron chi connectivity index (χ4n) is 2.30. The minimum atomic E-state index is -2.98. The number of likely N-dealkylation sites (N-methyl/N-ethyl adjacent to an activating group) is 1. The number of hydrogen-bond acceptors (Lipinski definition) is 6. The second-order valence-corrected chi connectivity index (χ2v) is 7.52. The second-order valence-electron chi connectivity index (χ2n) is 5.27. The van der Waals surface area contributed by atoms with Crippen molar-refractivity contribution in [2.24, 2.45) is 5.73 Å². The summed E-state index contributed by atoms with van der Waals surface area (Å²) in [5.41, 5.74) is 6.86. The second kappa shape index (κ2) is 6.64. The number of ether oxygens (including phenoxy) is 2. The fourth-order valence-corrected chi connectivity index (χ4v) is 2.92. The third kappa shape index (κ3) is 4.33. The molecule has 0 spiro atoms. The first-order valence-electron chi connectivity index (χ1n) is 6.88. The molecule has 1 aliphatic heterocycles. The number of hydrogen-bond donors (Lipinski definition) is 1. The quantitative estimate of drug-likeness (QED) is 0.820. The van der Waals surface area contributed by atoms with E-state index in [-0.39, 0.29) is 11.8 Å². The molecule has 118 valence electrons. The zero-order chi connectivity index (χ0) is 15.5. The lowest BCUT2D eigenvalue weighted by Gasteiger charge is -2.28. The van der Waals surface area contributed by atoms with E-state index in [0.29, 0.717) is 32.1 Å².